The van der Waals surface area contributed by atoms with E-state index in [2.05, 4.69) is 12.2 Å². The summed E-state index contributed by atoms with van der Waals surface area (Å²) in [6.45, 7) is 5.70. The molecular formula is C23H37NO4. The van der Waals surface area contributed by atoms with Gasteiger partial charge in [0.25, 0.3) is 5.91 Å². The molecule has 0 saturated heterocycles. The van der Waals surface area contributed by atoms with Crippen molar-refractivity contribution < 1.29 is 19.4 Å². The van der Waals surface area contributed by atoms with Crippen LogP contribution >= 0.6 is 0 Å². The van der Waals surface area contributed by atoms with E-state index in [1.54, 1.807) is 38.1 Å². The molecule has 0 aromatic heterocycles. The Labute approximate surface area is 169 Å². The Bertz CT molecular complexity index is 559. The Morgan fingerprint density at radius 2 is 1.54 bits per heavy atom. The van der Waals surface area contributed by atoms with Gasteiger partial charge in [0.1, 0.15) is 0 Å². The smallest absolute Gasteiger partial charge is 0.331 e. The molecule has 1 rings (SSSR count). The molecule has 2 unspecified atom stereocenters. The van der Waals surface area contributed by atoms with E-state index < -0.39 is 18.1 Å². The van der Waals surface area contributed by atoms with Gasteiger partial charge >= 0.3 is 5.97 Å². The van der Waals surface area contributed by atoms with Crippen LogP contribution in [0.1, 0.15) is 88.9 Å². The summed E-state index contributed by atoms with van der Waals surface area (Å²) in [7, 11) is 0. The molecular weight excluding hydrogens is 354 g/mol. The predicted octanol–water partition coefficient (Wildman–Crippen LogP) is 4.63. The molecule has 0 aliphatic rings. The van der Waals surface area contributed by atoms with E-state index in [1.165, 1.54) is 32.1 Å². The van der Waals surface area contributed by atoms with Crippen LogP contribution in [0.3, 0.4) is 0 Å². The van der Waals surface area contributed by atoms with Crippen LogP contribution in [0, 0.1) is 0 Å². The normalized spacial score (nSPS) is 13.2. The molecule has 0 spiro atoms. The van der Waals surface area contributed by atoms with Gasteiger partial charge in [0.15, 0.2) is 6.04 Å². The van der Waals surface area contributed by atoms with Gasteiger partial charge in [0.2, 0.25) is 0 Å². The van der Waals surface area contributed by atoms with Gasteiger partial charge in [-0.2, -0.15) is 0 Å². The van der Waals surface area contributed by atoms with Crippen LogP contribution in [-0.2, 0) is 9.53 Å². The summed E-state index contributed by atoms with van der Waals surface area (Å²) in [6.07, 6.45) is 8.45. The van der Waals surface area contributed by atoms with Gasteiger partial charge in [-0.15, -0.1) is 0 Å². The fourth-order valence-corrected chi connectivity index (χ4v) is 3.09. The number of nitrogens with one attached hydrogen (secondary N) is 1. The lowest BCUT2D eigenvalue weighted by molar-refractivity contribution is -0.152. The van der Waals surface area contributed by atoms with Crippen LogP contribution in [0.25, 0.3) is 0 Å². The highest BCUT2D eigenvalue weighted by Gasteiger charge is 2.30. The highest BCUT2D eigenvalue weighted by Crippen LogP contribution is 2.13. The highest BCUT2D eigenvalue weighted by molar-refractivity contribution is 5.96. The molecule has 0 saturated carbocycles. The summed E-state index contributed by atoms with van der Waals surface area (Å²) in [6, 6.07) is 7.62. The maximum atomic E-state index is 12.4. The minimum Gasteiger partial charge on any atom is -0.461 e. The third-order valence-corrected chi connectivity index (χ3v) is 4.67. The van der Waals surface area contributed by atoms with E-state index in [-0.39, 0.29) is 12.0 Å². The van der Waals surface area contributed by atoms with Gasteiger partial charge < -0.3 is 15.2 Å². The van der Waals surface area contributed by atoms with Crippen LogP contribution in [0.15, 0.2) is 30.3 Å². The summed E-state index contributed by atoms with van der Waals surface area (Å²) in [5.41, 5.74) is 0.448. The minimum atomic E-state index is -1.06. The molecule has 0 fully saturated rings. The van der Waals surface area contributed by atoms with Crippen molar-refractivity contribution in [2.45, 2.75) is 96.8 Å². The first-order valence-corrected chi connectivity index (χ1v) is 10.7. The largest absolute Gasteiger partial charge is 0.461 e. The molecule has 0 aliphatic heterocycles. The number of unbranched alkanes of at least 4 members (excludes halogenated alkanes) is 7. The first-order valence-electron chi connectivity index (χ1n) is 10.7. The quantitative estimate of drug-likeness (QED) is 0.358. The molecule has 2 N–H and O–H groups in total. The number of rotatable bonds is 14. The minimum absolute atomic E-state index is 0.307. The molecule has 1 amide bonds. The first-order chi connectivity index (χ1) is 13.5. The standard InChI is InChI=1S/C23H37NO4/c1-4-5-6-7-8-9-10-14-17-20(25)21(23(27)28-18(2)3)24-22(26)19-15-12-11-13-16-19/h11-13,15-16,18,20-21,25H,4-10,14,17H2,1-3H3,(H,24,26). The number of benzene rings is 1. The van der Waals surface area contributed by atoms with Gasteiger partial charge in [0.05, 0.1) is 12.2 Å². The number of aliphatic hydroxyl groups excluding tert-OH is 1. The second-order valence-corrected chi connectivity index (χ2v) is 7.63. The topological polar surface area (TPSA) is 75.6 Å². The molecule has 1 aromatic rings. The van der Waals surface area contributed by atoms with Gasteiger partial charge in [-0.3, -0.25) is 4.79 Å². The number of hydrogen-bond acceptors (Lipinski definition) is 4. The lowest BCUT2D eigenvalue weighted by Gasteiger charge is -2.24. The maximum absolute atomic E-state index is 12.4. The number of esters is 1. The van der Waals surface area contributed by atoms with E-state index in [4.69, 9.17) is 4.74 Å². The van der Waals surface area contributed by atoms with Crippen LogP contribution < -0.4 is 5.32 Å². The Kier molecular flexibility index (Phi) is 12.2. The zero-order valence-corrected chi connectivity index (χ0v) is 17.7. The zero-order valence-electron chi connectivity index (χ0n) is 17.7. The Balaban J connectivity index is 2.51. The van der Waals surface area contributed by atoms with Crippen molar-refractivity contribution >= 4 is 11.9 Å². The fraction of sp³-hybridized carbons (Fsp3) is 0.652. The van der Waals surface area contributed by atoms with Crippen LogP contribution in [-0.4, -0.2) is 35.2 Å². The van der Waals surface area contributed by atoms with Gasteiger partial charge in [0, 0.05) is 5.56 Å². The van der Waals surface area contributed by atoms with E-state index in [0.29, 0.717) is 12.0 Å². The Morgan fingerprint density at radius 1 is 0.964 bits per heavy atom. The van der Waals surface area contributed by atoms with Crippen LogP contribution in [0.5, 0.6) is 0 Å². The van der Waals surface area contributed by atoms with Crippen molar-refractivity contribution in [3.05, 3.63) is 35.9 Å². The van der Waals surface area contributed by atoms with Crippen molar-refractivity contribution in [3.63, 3.8) is 0 Å². The number of ether oxygens (including phenoxy) is 1. The zero-order chi connectivity index (χ0) is 20.8. The molecule has 2 atom stereocenters. The summed E-state index contributed by atoms with van der Waals surface area (Å²) in [5.74, 6) is -0.979. The average molecular weight is 392 g/mol. The molecule has 0 radical (unpaired) electrons. The maximum Gasteiger partial charge on any atom is 0.331 e. The van der Waals surface area contributed by atoms with Crippen LogP contribution in [0.2, 0.25) is 0 Å². The van der Waals surface area contributed by atoms with Gasteiger partial charge in [-0.1, -0.05) is 76.5 Å². The molecule has 1 aromatic carbocycles. The third-order valence-electron chi connectivity index (χ3n) is 4.67. The van der Waals surface area contributed by atoms with E-state index in [9.17, 15) is 14.7 Å². The third kappa shape index (κ3) is 9.88. The molecule has 0 aliphatic carbocycles. The van der Waals surface area contributed by atoms with Crippen molar-refractivity contribution in [2.75, 3.05) is 0 Å². The lowest BCUT2D eigenvalue weighted by Crippen LogP contribution is -2.50. The second kappa shape index (κ2) is 14.2. The van der Waals surface area contributed by atoms with E-state index >= 15 is 0 Å². The van der Waals surface area contributed by atoms with Crippen molar-refractivity contribution in [2.24, 2.45) is 0 Å². The predicted molar refractivity (Wildman–Crippen MR) is 112 cm³/mol. The SMILES string of the molecule is CCCCCCCCCCC(O)C(NC(=O)c1ccccc1)C(=O)OC(C)C. The lowest BCUT2D eigenvalue weighted by atomic mass is 10.0. The first kappa shape index (κ1) is 24.2. The summed E-state index contributed by atoms with van der Waals surface area (Å²) >= 11 is 0. The van der Waals surface area contributed by atoms with Gasteiger partial charge in [-0.25, -0.2) is 4.79 Å². The molecule has 28 heavy (non-hydrogen) atoms. The number of carbonyl (C=O) groups is 2. The van der Waals surface area contributed by atoms with E-state index in [1.807, 2.05) is 6.07 Å². The monoisotopic (exact) mass is 391 g/mol. The highest BCUT2D eigenvalue weighted by atomic mass is 16.5. The van der Waals surface area contributed by atoms with E-state index in [0.717, 1.165) is 19.3 Å². The van der Waals surface area contributed by atoms with Crippen molar-refractivity contribution in [3.8, 4) is 0 Å². The van der Waals surface area contributed by atoms with Gasteiger partial charge in [-0.05, 0) is 32.4 Å². The number of carbonyl (C=O) groups excluding carboxylic acids is 2. The number of aliphatic hydroxyl groups is 1. The molecule has 5 heteroatoms. The van der Waals surface area contributed by atoms with Crippen molar-refractivity contribution in [1.82, 2.24) is 5.32 Å². The molecule has 158 valence electrons. The molecule has 0 bridgehead atoms. The fourth-order valence-electron chi connectivity index (χ4n) is 3.09. The summed E-state index contributed by atoms with van der Waals surface area (Å²) in [4.78, 5) is 24.8. The Hall–Kier alpha value is -1.88. The number of amides is 1. The Morgan fingerprint density at radius 3 is 2.11 bits per heavy atom. The second-order valence-electron chi connectivity index (χ2n) is 7.63. The summed E-state index contributed by atoms with van der Waals surface area (Å²) < 4.78 is 5.24. The number of hydrogen-bond donors (Lipinski definition) is 2. The van der Waals surface area contributed by atoms with Crippen LogP contribution in [0.4, 0.5) is 0 Å². The average Bonchev–Trinajstić information content (AvgIpc) is 2.67. The van der Waals surface area contributed by atoms with Crippen molar-refractivity contribution in [1.29, 1.82) is 0 Å². The molecule has 0 heterocycles. The summed E-state index contributed by atoms with van der Waals surface area (Å²) in [5, 5.41) is 13.2. The molecule has 5 nitrogen and oxygen atoms in total.